The number of thiazole rings is 1. The van der Waals surface area contributed by atoms with Gasteiger partial charge in [0.2, 0.25) is 11.8 Å². The molecule has 2 amide bonds. The third kappa shape index (κ3) is 9.67. The predicted octanol–water partition coefficient (Wildman–Crippen LogP) is 5.55. The van der Waals surface area contributed by atoms with Gasteiger partial charge in [0.1, 0.15) is 0 Å². The van der Waals surface area contributed by atoms with E-state index in [2.05, 4.69) is 17.2 Å². The fraction of sp³-hybridized carbons (Fsp3) is 0.773. The van der Waals surface area contributed by atoms with Crippen LogP contribution in [-0.2, 0) is 9.59 Å². The van der Waals surface area contributed by atoms with Crippen LogP contribution in [0.5, 0.6) is 0 Å². The molecule has 0 bridgehead atoms. The highest BCUT2D eigenvalue weighted by Crippen LogP contribution is 2.30. The number of anilines is 1. The third-order valence-electron chi connectivity index (χ3n) is 5.22. The fourth-order valence-electron chi connectivity index (χ4n) is 3.36. The smallest absolute Gasteiger partial charge is 0.245 e. The van der Waals surface area contributed by atoms with Gasteiger partial charge in [0.05, 0.1) is 6.54 Å². The van der Waals surface area contributed by atoms with Gasteiger partial charge >= 0.3 is 0 Å². The van der Waals surface area contributed by atoms with Crippen molar-refractivity contribution in [3.05, 3.63) is 11.1 Å². The molecule has 6 heteroatoms. The Hall–Kier alpha value is -1.43. The maximum atomic E-state index is 12.6. The van der Waals surface area contributed by atoms with E-state index in [1.807, 2.05) is 6.92 Å². The Kier molecular flexibility index (Phi) is 10.5. The average molecular weight is 408 g/mol. The SMILES string of the molecule is CCCCCCCCCCCC(=O)N(CC(=O)Nc1ncc(C)s1)CC1CC1. The minimum Gasteiger partial charge on any atom is -0.333 e. The van der Waals surface area contributed by atoms with Gasteiger partial charge in [0, 0.05) is 24.0 Å². The van der Waals surface area contributed by atoms with Gasteiger partial charge < -0.3 is 10.2 Å². The molecule has 5 nitrogen and oxygen atoms in total. The predicted molar refractivity (Wildman–Crippen MR) is 117 cm³/mol. The summed E-state index contributed by atoms with van der Waals surface area (Å²) in [6, 6.07) is 0. The van der Waals surface area contributed by atoms with E-state index < -0.39 is 0 Å². The molecule has 0 atom stereocenters. The minimum absolute atomic E-state index is 0.125. The summed E-state index contributed by atoms with van der Waals surface area (Å²) in [7, 11) is 0. The highest BCUT2D eigenvalue weighted by Gasteiger charge is 2.27. The quantitative estimate of drug-likeness (QED) is 0.388. The fourth-order valence-corrected chi connectivity index (χ4v) is 4.04. The number of unbranched alkanes of at least 4 members (excludes halogenated alkanes) is 8. The zero-order valence-corrected chi connectivity index (χ0v) is 18.5. The van der Waals surface area contributed by atoms with Crippen molar-refractivity contribution in [1.82, 2.24) is 9.88 Å². The molecule has 0 aliphatic heterocycles. The Bertz CT molecular complexity index is 598. The Morgan fingerprint density at radius 1 is 1.11 bits per heavy atom. The van der Waals surface area contributed by atoms with E-state index in [0.717, 1.165) is 24.3 Å². The molecule has 0 saturated heterocycles. The van der Waals surface area contributed by atoms with Crippen molar-refractivity contribution < 1.29 is 9.59 Å². The van der Waals surface area contributed by atoms with Crippen LogP contribution < -0.4 is 5.32 Å². The van der Waals surface area contributed by atoms with Crippen molar-refractivity contribution in [2.45, 2.75) is 90.9 Å². The van der Waals surface area contributed by atoms with Gasteiger partial charge in [-0.15, -0.1) is 11.3 Å². The lowest BCUT2D eigenvalue weighted by Crippen LogP contribution is -2.39. The molecule has 1 saturated carbocycles. The van der Waals surface area contributed by atoms with Crippen molar-refractivity contribution in [3.63, 3.8) is 0 Å². The summed E-state index contributed by atoms with van der Waals surface area (Å²) >= 11 is 1.46. The van der Waals surface area contributed by atoms with E-state index in [-0.39, 0.29) is 18.4 Å². The monoisotopic (exact) mass is 407 g/mol. The maximum absolute atomic E-state index is 12.6. The second kappa shape index (κ2) is 12.9. The Morgan fingerprint density at radius 3 is 2.32 bits per heavy atom. The zero-order valence-electron chi connectivity index (χ0n) is 17.7. The van der Waals surface area contributed by atoms with Crippen molar-refractivity contribution >= 4 is 28.3 Å². The minimum atomic E-state index is -0.143. The van der Waals surface area contributed by atoms with Crippen LogP contribution in [-0.4, -0.2) is 34.8 Å². The van der Waals surface area contributed by atoms with Crippen LogP contribution in [0.25, 0.3) is 0 Å². The third-order valence-corrected chi connectivity index (χ3v) is 6.05. The Balaban J connectivity index is 1.63. The molecule has 1 N–H and O–H groups in total. The van der Waals surface area contributed by atoms with Crippen molar-refractivity contribution in [3.8, 4) is 0 Å². The van der Waals surface area contributed by atoms with Crippen LogP contribution in [0.1, 0.15) is 88.9 Å². The second-order valence-electron chi connectivity index (χ2n) is 8.12. The van der Waals surface area contributed by atoms with Gasteiger partial charge in [-0.2, -0.15) is 0 Å². The standard InChI is InChI=1S/C22H37N3O2S/c1-3-4-5-6-7-8-9-10-11-12-21(27)25(16-19-13-14-19)17-20(26)24-22-23-15-18(2)28-22/h15,19H,3-14,16-17H2,1-2H3,(H,23,24,26). The zero-order chi connectivity index (χ0) is 20.2. The number of hydrogen-bond acceptors (Lipinski definition) is 4. The molecule has 0 spiro atoms. The van der Waals surface area contributed by atoms with Crippen LogP contribution in [0.4, 0.5) is 5.13 Å². The molecule has 1 aromatic heterocycles. The molecule has 0 radical (unpaired) electrons. The summed E-state index contributed by atoms with van der Waals surface area (Å²) in [5, 5.41) is 3.43. The molecular formula is C22H37N3O2S. The summed E-state index contributed by atoms with van der Waals surface area (Å²) in [6.07, 6.45) is 15.9. The molecule has 1 aromatic rings. The first-order valence-electron chi connectivity index (χ1n) is 11.1. The first kappa shape index (κ1) is 22.9. The maximum Gasteiger partial charge on any atom is 0.245 e. The molecule has 0 aromatic carbocycles. The average Bonchev–Trinajstić information content (AvgIpc) is 3.39. The second-order valence-corrected chi connectivity index (χ2v) is 9.36. The van der Waals surface area contributed by atoms with Gasteiger partial charge in [-0.1, -0.05) is 58.3 Å². The number of aryl methyl sites for hydroxylation is 1. The summed E-state index contributed by atoms with van der Waals surface area (Å²) < 4.78 is 0. The van der Waals surface area contributed by atoms with Gasteiger partial charge in [-0.05, 0) is 32.1 Å². The Morgan fingerprint density at radius 2 is 1.75 bits per heavy atom. The summed E-state index contributed by atoms with van der Waals surface area (Å²) in [5.41, 5.74) is 0. The number of nitrogens with zero attached hydrogens (tertiary/aromatic N) is 2. The number of rotatable bonds is 15. The van der Waals surface area contributed by atoms with Gasteiger partial charge in [0.25, 0.3) is 0 Å². The van der Waals surface area contributed by atoms with Crippen molar-refractivity contribution in [1.29, 1.82) is 0 Å². The molecule has 158 valence electrons. The number of carbonyl (C=O) groups excluding carboxylic acids is 2. The van der Waals surface area contributed by atoms with Gasteiger partial charge in [0.15, 0.2) is 5.13 Å². The first-order valence-corrected chi connectivity index (χ1v) is 11.9. The first-order chi connectivity index (χ1) is 13.6. The lowest BCUT2D eigenvalue weighted by molar-refractivity contribution is -0.135. The van der Waals surface area contributed by atoms with Crippen LogP contribution in [0.2, 0.25) is 0 Å². The van der Waals surface area contributed by atoms with Crippen LogP contribution >= 0.6 is 11.3 Å². The largest absolute Gasteiger partial charge is 0.333 e. The highest BCUT2D eigenvalue weighted by molar-refractivity contribution is 7.15. The van der Waals surface area contributed by atoms with E-state index in [9.17, 15) is 9.59 Å². The molecule has 1 aliphatic rings. The van der Waals surface area contributed by atoms with Crippen LogP contribution in [0.15, 0.2) is 6.20 Å². The van der Waals surface area contributed by atoms with E-state index >= 15 is 0 Å². The van der Waals surface area contributed by atoms with E-state index in [4.69, 9.17) is 0 Å². The molecular weight excluding hydrogens is 370 g/mol. The number of amides is 2. The topological polar surface area (TPSA) is 62.3 Å². The Labute approximate surface area is 174 Å². The molecule has 28 heavy (non-hydrogen) atoms. The molecule has 1 aliphatic carbocycles. The molecule has 1 heterocycles. The van der Waals surface area contributed by atoms with E-state index in [1.165, 1.54) is 69.1 Å². The van der Waals surface area contributed by atoms with E-state index in [1.54, 1.807) is 11.1 Å². The number of hydrogen-bond donors (Lipinski definition) is 1. The summed E-state index contributed by atoms with van der Waals surface area (Å²) in [6.45, 7) is 5.07. The van der Waals surface area contributed by atoms with Gasteiger partial charge in [-0.3, -0.25) is 9.59 Å². The van der Waals surface area contributed by atoms with Gasteiger partial charge in [-0.25, -0.2) is 4.98 Å². The summed E-state index contributed by atoms with van der Waals surface area (Å²) in [4.78, 5) is 32.0. The highest BCUT2D eigenvalue weighted by atomic mass is 32.1. The summed E-state index contributed by atoms with van der Waals surface area (Å²) in [5.74, 6) is 0.567. The lowest BCUT2D eigenvalue weighted by atomic mass is 10.1. The molecule has 2 rings (SSSR count). The van der Waals surface area contributed by atoms with Crippen LogP contribution in [0, 0.1) is 12.8 Å². The number of aromatic nitrogens is 1. The van der Waals surface area contributed by atoms with Crippen LogP contribution in [0.3, 0.4) is 0 Å². The van der Waals surface area contributed by atoms with Crippen molar-refractivity contribution in [2.24, 2.45) is 5.92 Å². The normalized spacial score (nSPS) is 13.5. The van der Waals surface area contributed by atoms with Crippen molar-refractivity contribution in [2.75, 3.05) is 18.4 Å². The molecule has 0 unspecified atom stereocenters. The lowest BCUT2D eigenvalue weighted by Gasteiger charge is -2.22. The number of carbonyl (C=O) groups is 2. The number of nitrogens with one attached hydrogen (secondary N) is 1. The molecule has 1 fully saturated rings. The van der Waals surface area contributed by atoms with E-state index in [0.29, 0.717) is 17.5 Å².